The van der Waals surface area contributed by atoms with E-state index in [0.29, 0.717) is 5.56 Å². The second kappa shape index (κ2) is 6.12. The van der Waals surface area contributed by atoms with Crippen LogP contribution < -0.4 is 5.32 Å². The number of aryl methyl sites for hydroxylation is 3. The maximum Gasteiger partial charge on any atom is 0.253 e. The summed E-state index contributed by atoms with van der Waals surface area (Å²) in [6, 6.07) is 4.05. The van der Waals surface area contributed by atoms with Crippen molar-refractivity contribution in [2.24, 2.45) is 7.05 Å². The Balaban J connectivity index is 1.69. The summed E-state index contributed by atoms with van der Waals surface area (Å²) in [5.41, 5.74) is 3.37. The highest BCUT2D eigenvalue weighted by molar-refractivity contribution is 7.12. The van der Waals surface area contributed by atoms with Crippen molar-refractivity contribution in [1.82, 2.24) is 19.9 Å². The van der Waals surface area contributed by atoms with Gasteiger partial charge in [-0.2, -0.15) is 0 Å². The molecule has 0 saturated carbocycles. The first-order valence-electron chi connectivity index (χ1n) is 7.58. The summed E-state index contributed by atoms with van der Waals surface area (Å²) < 4.78 is 1.83. The molecule has 120 valence electrons. The molecule has 6 heteroatoms. The van der Waals surface area contributed by atoms with Crippen LogP contribution >= 0.6 is 11.3 Å². The van der Waals surface area contributed by atoms with Gasteiger partial charge in [-0.15, -0.1) is 11.3 Å². The molecule has 1 amide bonds. The number of aromatic nitrogens is 3. The van der Waals surface area contributed by atoms with Crippen LogP contribution in [0.25, 0.3) is 11.2 Å². The van der Waals surface area contributed by atoms with Crippen molar-refractivity contribution < 1.29 is 4.79 Å². The molecule has 0 spiro atoms. The first kappa shape index (κ1) is 15.7. The van der Waals surface area contributed by atoms with Crippen LogP contribution in [0.2, 0.25) is 0 Å². The Hall–Kier alpha value is -2.21. The number of carbonyl (C=O) groups excluding carboxylic acids is 1. The standard InChI is InChI=1S/C17H20N4OS/c1-10-5-14(23-12(10)3)6-11(2)20-17(22)13-7-15-16(18-8-13)21(4)9-19-15/h5,7-9,11H,6H2,1-4H3,(H,20,22). The minimum atomic E-state index is -0.109. The normalized spacial score (nSPS) is 12.5. The highest BCUT2D eigenvalue weighted by atomic mass is 32.1. The summed E-state index contributed by atoms with van der Waals surface area (Å²) in [6.45, 7) is 6.27. The Labute approximate surface area is 139 Å². The largest absolute Gasteiger partial charge is 0.349 e. The molecule has 3 aromatic rings. The molecule has 0 fully saturated rings. The van der Waals surface area contributed by atoms with Gasteiger partial charge in [0.2, 0.25) is 0 Å². The average Bonchev–Trinajstić information content (AvgIpc) is 3.02. The summed E-state index contributed by atoms with van der Waals surface area (Å²) in [5, 5.41) is 3.04. The molecule has 0 aliphatic rings. The number of nitrogens with one attached hydrogen (secondary N) is 1. The second-order valence-corrected chi connectivity index (χ2v) is 7.29. The van der Waals surface area contributed by atoms with Gasteiger partial charge in [0.05, 0.1) is 11.9 Å². The molecule has 0 aliphatic carbocycles. The third kappa shape index (κ3) is 3.27. The molecular formula is C17H20N4OS. The van der Waals surface area contributed by atoms with E-state index in [0.717, 1.165) is 17.6 Å². The number of imidazole rings is 1. The van der Waals surface area contributed by atoms with Gasteiger partial charge in [-0.25, -0.2) is 9.97 Å². The summed E-state index contributed by atoms with van der Waals surface area (Å²) in [7, 11) is 1.88. The van der Waals surface area contributed by atoms with E-state index in [4.69, 9.17) is 0 Å². The zero-order valence-electron chi connectivity index (χ0n) is 13.8. The van der Waals surface area contributed by atoms with Crippen molar-refractivity contribution in [2.75, 3.05) is 0 Å². The molecule has 0 radical (unpaired) electrons. The third-order valence-corrected chi connectivity index (χ3v) is 5.09. The number of fused-ring (bicyclic) bond motifs is 1. The minimum absolute atomic E-state index is 0.0689. The number of hydrogen-bond donors (Lipinski definition) is 1. The molecule has 0 aromatic carbocycles. The zero-order chi connectivity index (χ0) is 16.6. The van der Waals surface area contributed by atoms with Crippen LogP contribution in [0.1, 0.15) is 32.6 Å². The van der Waals surface area contributed by atoms with E-state index in [1.807, 2.05) is 18.5 Å². The number of carbonyl (C=O) groups is 1. The van der Waals surface area contributed by atoms with Gasteiger partial charge in [-0.3, -0.25) is 4.79 Å². The van der Waals surface area contributed by atoms with E-state index in [9.17, 15) is 4.79 Å². The van der Waals surface area contributed by atoms with E-state index in [1.54, 1.807) is 29.9 Å². The van der Waals surface area contributed by atoms with Gasteiger partial charge in [-0.1, -0.05) is 0 Å². The first-order valence-corrected chi connectivity index (χ1v) is 8.39. The van der Waals surface area contributed by atoms with E-state index < -0.39 is 0 Å². The van der Waals surface area contributed by atoms with Crippen LogP contribution in [-0.2, 0) is 13.5 Å². The quantitative estimate of drug-likeness (QED) is 0.801. The zero-order valence-corrected chi connectivity index (χ0v) is 14.6. The van der Waals surface area contributed by atoms with Crippen molar-refractivity contribution in [3.05, 3.63) is 45.5 Å². The molecule has 3 aromatic heterocycles. The van der Waals surface area contributed by atoms with Crippen LogP contribution in [0.4, 0.5) is 0 Å². The van der Waals surface area contributed by atoms with Crippen molar-refractivity contribution >= 4 is 28.4 Å². The van der Waals surface area contributed by atoms with E-state index in [2.05, 4.69) is 35.2 Å². The van der Waals surface area contributed by atoms with E-state index in [-0.39, 0.29) is 11.9 Å². The molecule has 5 nitrogen and oxygen atoms in total. The first-order chi connectivity index (χ1) is 10.9. The van der Waals surface area contributed by atoms with Gasteiger partial charge in [-0.05, 0) is 38.5 Å². The number of rotatable bonds is 4. The Morgan fingerprint density at radius 3 is 2.83 bits per heavy atom. The van der Waals surface area contributed by atoms with Crippen LogP contribution in [0, 0.1) is 13.8 Å². The molecule has 1 N–H and O–H groups in total. The number of hydrogen-bond acceptors (Lipinski definition) is 4. The SMILES string of the molecule is Cc1cc(CC(C)NC(=O)c2cnc3c(c2)ncn3C)sc1C. The van der Waals surface area contributed by atoms with Crippen molar-refractivity contribution in [1.29, 1.82) is 0 Å². The summed E-state index contributed by atoms with van der Waals surface area (Å²) in [4.78, 5) is 23.6. The summed E-state index contributed by atoms with van der Waals surface area (Å²) in [5.74, 6) is -0.109. The van der Waals surface area contributed by atoms with Crippen LogP contribution in [0.3, 0.4) is 0 Å². The number of amides is 1. The fourth-order valence-corrected chi connectivity index (χ4v) is 3.73. The fourth-order valence-electron chi connectivity index (χ4n) is 2.55. The Morgan fingerprint density at radius 1 is 1.35 bits per heavy atom. The topological polar surface area (TPSA) is 59.8 Å². The highest BCUT2D eigenvalue weighted by Crippen LogP contribution is 2.22. The monoisotopic (exact) mass is 328 g/mol. The maximum atomic E-state index is 12.4. The Morgan fingerprint density at radius 2 is 2.13 bits per heavy atom. The lowest BCUT2D eigenvalue weighted by atomic mass is 10.1. The molecule has 0 aliphatic heterocycles. The Bertz CT molecular complexity index is 845. The van der Waals surface area contributed by atoms with Gasteiger partial charge >= 0.3 is 0 Å². The average molecular weight is 328 g/mol. The van der Waals surface area contributed by atoms with Gasteiger partial charge < -0.3 is 9.88 Å². The lowest BCUT2D eigenvalue weighted by molar-refractivity contribution is 0.0940. The van der Waals surface area contributed by atoms with Gasteiger partial charge in [0.15, 0.2) is 5.65 Å². The lowest BCUT2D eigenvalue weighted by Gasteiger charge is -2.12. The predicted octanol–water partition coefficient (Wildman–Crippen LogP) is 3.01. The highest BCUT2D eigenvalue weighted by Gasteiger charge is 2.14. The molecule has 23 heavy (non-hydrogen) atoms. The molecule has 1 unspecified atom stereocenters. The lowest BCUT2D eigenvalue weighted by Crippen LogP contribution is -2.33. The molecule has 0 bridgehead atoms. The van der Waals surface area contributed by atoms with Crippen molar-refractivity contribution in [3.8, 4) is 0 Å². The van der Waals surface area contributed by atoms with Gasteiger partial charge in [0, 0.05) is 35.5 Å². The van der Waals surface area contributed by atoms with E-state index in [1.165, 1.54) is 15.3 Å². The molecule has 1 atom stereocenters. The number of pyridine rings is 1. The molecule has 3 heterocycles. The van der Waals surface area contributed by atoms with Gasteiger partial charge in [0.1, 0.15) is 5.52 Å². The summed E-state index contributed by atoms with van der Waals surface area (Å²) in [6.07, 6.45) is 4.14. The third-order valence-electron chi connectivity index (χ3n) is 3.92. The van der Waals surface area contributed by atoms with Gasteiger partial charge in [0.25, 0.3) is 5.91 Å². The summed E-state index contributed by atoms with van der Waals surface area (Å²) >= 11 is 1.79. The maximum absolute atomic E-state index is 12.4. The van der Waals surface area contributed by atoms with Crippen molar-refractivity contribution in [3.63, 3.8) is 0 Å². The predicted molar refractivity (Wildman–Crippen MR) is 92.9 cm³/mol. The van der Waals surface area contributed by atoms with Crippen LogP contribution in [0.15, 0.2) is 24.7 Å². The molecule has 3 rings (SSSR count). The fraction of sp³-hybridized carbons (Fsp3) is 0.353. The second-order valence-electron chi connectivity index (χ2n) is 5.95. The Kier molecular flexibility index (Phi) is 4.17. The molecular weight excluding hydrogens is 308 g/mol. The van der Waals surface area contributed by atoms with Crippen LogP contribution in [0.5, 0.6) is 0 Å². The van der Waals surface area contributed by atoms with Crippen LogP contribution in [-0.4, -0.2) is 26.5 Å². The smallest absolute Gasteiger partial charge is 0.253 e. The minimum Gasteiger partial charge on any atom is -0.349 e. The van der Waals surface area contributed by atoms with E-state index >= 15 is 0 Å². The van der Waals surface area contributed by atoms with Crippen molar-refractivity contribution in [2.45, 2.75) is 33.2 Å². The number of thiophene rings is 1. The number of nitrogens with zero attached hydrogens (tertiary/aromatic N) is 3. The molecule has 0 saturated heterocycles.